The maximum Gasteiger partial charge on any atom is 0.254 e. The number of ether oxygens (including phenoxy) is 2. The lowest BCUT2D eigenvalue weighted by Gasteiger charge is -2.34. The van der Waals surface area contributed by atoms with Crippen molar-refractivity contribution in [1.29, 1.82) is 0 Å². The molecule has 0 aliphatic carbocycles. The van der Waals surface area contributed by atoms with E-state index in [9.17, 15) is 4.79 Å². The summed E-state index contributed by atoms with van der Waals surface area (Å²) in [7, 11) is 3.15. The van der Waals surface area contributed by atoms with Crippen LogP contribution in [0.3, 0.4) is 0 Å². The van der Waals surface area contributed by atoms with Crippen LogP contribution in [0.15, 0.2) is 40.2 Å². The van der Waals surface area contributed by atoms with Crippen LogP contribution in [-0.4, -0.2) is 72.8 Å². The van der Waals surface area contributed by atoms with Crippen LogP contribution in [0.2, 0.25) is 0 Å². The first-order valence-electron chi connectivity index (χ1n) is 10.3. The summed E-state index contributed by atoms with van der Waals surface area (Å²) in [6.07, 6.45) is 1.69. The number of benzene rings is 1. The summed E-state index contributed by atoms with van der Waals surface area (Å²) in [5.41, 5.74) is 0.615. The fourth-order valence-corrected chi connectivity index (χ4v) is 4.29. The summed E-state index contributed by atoms with van der Waals surface area (Å²) in [6, 6.07) is 9.25. The number of carbonyl (C=O) groups is 1. The van der Waals surface area contributed by atoms with Crippen LogP contribution in [0.4, 0.5) is 0 Å². The Kier molecular flexibility index (Phi) is 6.83. The summed E-state index contributed by atoms with van der Waals surface area (Å²) in [5.74, 6) is 2.54. The SMILES string of the molecule is COc1ccc(C(=O)N2CCN(CCCc3nc(-c4cccs4)no3)CC2)cc1OC. The third-order valence-corrected chi connectivity index (χ3v) is 6.23. The number of aromatic nitrogens is 2. The minimum Gasteiger partial charge on any atom is -0.493 e. The van der Waals surface area contributed by atoms with Crippen molar-refractivity contribution in [2.75, 3.05) is 46.9 Å². The molecule has 8 nitrogen and oxygen atoms in total. The van der Waals surface area contributed by atoms with Gasteiger partial charge in [-0.05, 0) is 42.6 Å². The van der Waals surface area contributed by atoms with E-state index < -0.39 is 0 Å². The van der Waals surface area contributed by atoms with Gasteiger partial charge in [0.15, 0.2) is 11.5 Å². The number of methoxy groups -OCH3 is 2. The van der Waals surface area contributed by atoms with Crippen molar-refractivity contribution in [3.63, 3.8) is 0 Å². The van der Waals surface area contributed by atoms with E-state index in [1.807, 2.05) is 22.4 Å². The fourth-order valence-electron chi connectivity index (χ4n) is 3.64. The molecule has 1 aliphatic heterocycles. The molecule has 0 radical (unpaired) electrons. The first-order chi connectivity index (χ1) is 15.2. The molecule has 0 unspecified atom stereocenters. The Labute approximate surface area is 185 Å². The van der Waals surface area contributed by atoms with Crippen molar-refractivity contribution in [3.05, 3.63) is 47.2 Å². The second-order valence-corrected chi connectivity index (χ2v) is 8.24. The summed E-state index contributed by atoms with van der Waals surface area (Å²) in [5, 5.41) is 6.06. The largest absolute Gasteiger partial charge is 0.493 e. The molecule has 1 amide bonds. The molecule has 0 N–H and O–H groups in total. The molecule has 2 aromatic heterocycles. The fraction of sp³-hybridized carbons (Fsp3) is 0.409. The van der Waals surface area contributed by atoms with Gasteiger partial charge in [-0.2, -0.15) is 4.98 Å². The van der Waals surface area contributed by atoms with Crippen LogP contribution in [0, 0.1) is 0 Å². The second kappa shape index (κ2) is 9.93. The molecule has 9 heteroatoms. The number of piperazine rings is 1. The Morgan fingerprint density at radius 3 is 2.65 bits per heavy atom. The highest BCUT2D eigenvalue weighted by Crippen LogP contribution is 2.28. The van der Waals surface area contributed by atoms with Crippen molar-refractivity contribution in [3.8, 4) is 22.2 Å². The predicted octanol–water partition coefficient (Wildman–Crippen LogP) is 3.21. The minimum atomic E-state index is 0.0209. The van der Waals surface area contributed by atoms with Gasteiger partial charge >= 0.3 is 0 Å². The molecule has 31 heavy (non-hydrogen) atoms. The van der Waals surface area contributed by atoms with Crippen molar-refractivity contribution in [2.24, 2.45) is 0 Å². The molecule has 3 aromatic rings. The first kappa shape index (κ1) is 21.3. The van der Waals surface area contributed by atoms with E-state index in [-0.39, 0.29) is 5.91 Å². The van der Waals surface area contributed by atoms with Crippen LogP contribution < -0.4 is 9.47 Å². The average molecular weight is 443 g/mol. The lowest BCUT2D eigenvalue weighted by molar-refractivity contribution is 0.0635. The third kappa shape index (κ3) is 5.05. The van der Waals surface area contributed by atoms with Gasteiger partial charge in [-0.1, -0.05) is 11.2 Å². The average Bonchev–Trinajstić information content (AvgIpc) is 3.51. The van der Waals surface area contributed by atoms with Crippen molar-refractivity contribution in [1.82, 2.24) is 19.9 Å². The standard InChI is InChI=1S/C22H26N4O4S/c1-28-17-8-7-16(15-18(17)29-2)22(27)26-12-10-25(11-13-26)9-3-6-20-23-21(24-30-20)19-5-4-14-31-19/h4-5,7-8,14-15H,3,6,9-13H2,1-2H3. The van der Waals surface area contributed by atoms with Gasteiger partial charge in [0.05, 0.1) is 19.1 Å². The molecular weight excluding hydrogens is 416 g/mol. The van der Waals surface area contributed by atoms with Gasteiger partial charge < -0.3 is 18.9 Å². The van der Waals surface area contributed by atoms with Crippen LogP contribution in [-0.2, 0) is 6.42 Å². The Bertz CT molecular complexity index is 997. The van der Waals surface area contributed by atoms with E-state index in [1.165, 1.54) is 0 Å². The quantitative estimate of drug-likeness (QED) is 0.530. The molecule has 0 saturated carbocycles. The van der Waals surface area contributed by atoms with Gasteiger partial charge in [-0.15, -0.1) is 11.3 Å². The maximum absolute atomic E-state index is 12.9. The molecule has 0 spiro atoms. The summed E-state index contributed by atoms with van der Waals surface area (Å²) < 4.78 is 15.9. The van der Waals surface area contributed by atoms with E-state index in [0.29, 0.717) is 41.9 Å². The van der Waals surface area contributed by atoms with Gasteiger partial charge in [0, 0.05) is 38.2 Å². The van der Waals surface area contributed by atoms with E-state index in [1.54, 1.807) is 43.8 Å². The molecule has 1 saturated heterocycles. The van der Waals surface area contributed by atoms with Crippen molar-refractivity contribution >= 4 is 17.2 Å². The predicted molar refractivity (Wildman–Crippen MR) is 118 cm³/mol. The molecule has 0 bridgehead atoms. The zero-order valence-corrected chi connectivity index (χ0v) is 18.6. The maximum atomic E-state index is 12.9. The summed E-state index contributed by atoms with van der Waals surface area (Å²) in [6.45, 7) is 4.05. The van der Waals surface area contributed by atoms with E-state index >= 15 is 0 Å². The van der Waals surface area contributed by atoms with Crippen molar-refractivity contribution < 1.29 is 18.8 Å². The molecule has 0 atom stereocenters. The van der Waals surface area contributed by atoms with Crippen molar-refractivity contribution in [2.45, 2.75) is 12.8 Å². The second-order valence-electron chi connectivity index (χ2n) is 7.30. The Morgan fingerprint density at radius 1 is 1.13 bits per heavy atom. The van der Waals surface area contributed by atoms with Gasteiger partial charge in [0.25, 0.3) is 5.91 Å². The highest BCUT2D eigenvalue weighted by Gasteiger charge is 2.23. The number of rotatable bonds is 8. The molecule has 1 fully saturated rings. The number of amides is 1. The molecule has 1 aliphatic rings. The lowest BCUT2D eigenvalue weighted by atomic mass is 10.1. The Hall–Kier alpha value is -2.91. The normalized spacial score (nSPS) is 14.6. The molecule has 1 aromatic carbocycles. The monoisotopic (exact) mass is 442 g/mol. The smallest absolute Gasteiger partial charge is 0.254 e. The van der Waals surface area contributed by atoms with Gasteiger partial charge in [0.1, 0.15) is 0 Å². The van der Waals surface area contributed by atoms with Crippen LogP contribution in [0.1, 0.15) is 22.7 Å². The number of carbonyl (C=O) groups excluding carboxylic acids is 1. The molecule has 164 valence electrons. The van der Waals surface area contributed by atoms with Crippen LogP contribution in [0.5, 0.6) is 11.5 Å². The van der Waals surface area contributed by atoms with Crippen LogP contribution >= 0.6 is 11.3 Å². The van der Waals surface area contributed by atoms with Gasteiger partial charge in [-0.25, -0.2) is 0 Å². The number of hydrogen-bond donors (Lipinski definition) is 0. The number of nitrogens with zero attached hydrogens (tertiary/aromatic N) is 4. The third-order valence-electron chi connectivity index (χ3n) is 5.36. The molecule has 4 rings (SSSR count). The van der Waals surface area contributed by atoms with E-state index in [4.69, 9.17) is 14.0 Å². The highest BCUT2D eigenvalue weighted by molar-refractivity contribution is 7.13. The van der Waals surface area contributed by atoms with E-state index in [2.05, 4.69) is 15.0 Å². The Morgan fingerprint density at radius 2 is 1.94 bits per heavy atom. The Balaban J connectivity index is 1.23. The van der Waals surface area contributed by atoms with E-state index in [0.717, 1.165) is 37.4 Å². The number of hydrogen-bond acceptors (Lipinski definition) is 8. The highest BCUT2D eigenvalue weighted by atomic mass is 32.1. The van der Waals surface area contributed by atoms with Gasteiger partial charge in [-0.3, -0.25) is 9.69 Å². The first-order valence-corrected chi connectivity index (χ1v) is 11.2. The lowest BCUT2D eigenvalue weighted by Crippen LogP contribution is -2.48. The number of aryl methyl sites for hydroxylation is 1. The zero-order chi connectivity index (χ0) is 21.6. The molecular formula is C22H26N4O4S. The summed E-state index contributed by atoms with van der Waals surface area (Å²) in [4.78, 5) is 22.6. The zero-order valence-electron chi connectivity index (χ0n) is 17.7. The molecule has 3 heterocycles. The topological polar surface area (TPSA) is 80.9 Å². The minimum absolute atomic E-state index is 0.0209. The number of thiophene rings is 1. The van der Waals surface area contributed by atoms with Crippen LogP contribution in [0.25, 0.3) is 10.7 Å². The van der Waals surface area contributed by atoms with Gasteiger partial charge in [0.2, 0.25) is 11.7 Å². The summed E-state index contributed by atoms with van der Waals surface area (Å²) >= 11 is 1.60.